The number of alkyl halides is 3. The van der Waals surface area contributed by atoms with E-state index in [1.54, 1.807) is 6.08 Å². The molecule has 0 bridgehead atoms. The molecule has 0 aliphatic heterocycles. The van der Waals surface area contributed by atoms with Crippen molar-refractivity contribution >= 4 is 28.9 Å². The zero-order valence-corrected chi connectivity index (χ0v) is 15.7. The van der Waals surface area contributed by atoms with E-state index >= 15 is 0 Å². The normalized spacial score (nSPS) is 13.9. The number of halogens is 3. The van der Waals surface area contributed by atoms with Gasteiger partial charge in [-0.3, -0.25) is 0 Å². The van der Waals surface area contributed by atoms with Gasteiger partial charge in [0.25, 0.3) is 0 Å². The van der Waals surface area contributed by atoms with Gasteiger partial charge < -0.3 is 11.1 Å². The van der Waals surface area contributed by atoms with E-state index in [2.05, 4.69) is 11.6 Å². The van der Waals surface area contributed by atoms with Crippen molar-refractivity contribution in [3.63, 3.8) is 0 Å². The molecule has 0 unspecified atom stereocenters. The molecule has 1 aliphatic rings. The Balaban J connectivity index is 2.14. The Bertz CT molecular complexity index is 1130. The van der Waals surface area contributed by atoms with E-state index in [-0.39, 0.29) is 11.2 Å². The molecule has 0 fully saturated rings. The summed E-state index contributed by atoms with van der Waals surface area (Å²) in [6.45, 7) is 3.74. The van der Waals surface area contributed by atoms with Crippen LogP contribution in [0.25, 0.3) is 28.2 Å². The lowest BCUT2D eigenvalue weighted by Crippen LogP contribution is -2.14. The molecule has 3 N–H and O–H groups in total. The van der Waals surface area contributed by atoms with Crippen LogP contribution in [0, 0.1) is 5.41 Å². The molecular weight excluding hydrogens is 375 g/mol. The highest BCUT2D eigenvalue weighted by atomic mass is 19.4. The number of aromatic nitrogens is 1. The van der Waals surface area contributed by atoms with E-state index in [0.717, 1.165) is 53.8 Å². The fourth-order valence-electron chi connectivity index (χ4n) is 4.14. The SMILES string of the molecule is C=Cc1ccc(-c2nc3c(C(F)(F)F)cc(N)c(C=N)c3c3c2CCCC3)cc1. The van der Waals surface area contributed by atoms with Gasteiger partial charge in [0.1, 0.15) is 0 Å². The molecular formula is C23H20F3N3. The van der Waals surface area contributed by atoms with Crippen LogP contribution in [0.3, 0.4) is 0 Å². The van der Waals surface area contributed by atoms with E-state index in [4.69, 9.17) is 11.1 Å². The van der Waals surface area contributed by atoms with Crippen LogP contribution in [-0.2, 0) is 19.0 Å². The van der Waals surface area contributed by atoms with Gasteiger partial charge in [0.05, 0.1) is 16.8 Å². The third-order valence-corrected chi connectivity index (χ3v) is 5.52. The first-order valence-corrected chi connectivity index (χ1v) is 9.43. The van der Waals surface area contributed by atoms with E-state index in [1.807, 2.05) is 24.3 Å². The highest BCUT2D eigenvalue weighted by molar-refractivity contribution is 6.06. The van der Waals surface area contributed by atoms with Crippen LogP contribution in [0.5, 0.6) is 0 Å². The van der Waals surface area contributed by atoms with E-state index in [9.17, 15) is 13.2 Å². The second kappa shape index (κ2) is 7.03. The Labute approximate surface area is 166 Å². The number of nitrogens with zero attached hydrogens (tertiary/aromatic N) is 1. The maximum absolute atomic E-state index is 13.8. The predicted molar refractivity (Wildman–Crippen MR) is 111 cm³/mol. The summed E-state index contributed by atoms with van der Waals surface area (Å²) < 4.78 is 41.5. The third kappa shape index (κ3) is 3.18. The summed E-state index contributed by atoms with van der Waals surface area (Å²) in [4.78, 5) is 4.53. The molecule has 0 saturated heterocycles. The molecule has 0 radical (unpaired) electrons. The number of aryl methyl sites for hydroxylation is 1. The first-order chi connectivity index (χ1) is 13.8. The molecule has 1 heterocycles. The van der Waals surface area contributed by atoms with Gasteiger partial charge in [0, 0.05) is 28.4 Å². The molecule has 6 heteroatoms. The van der Waals surface area contributed by atoms with Crippen molar-refractivity contribution in [1.29, 1.82) is 5.41 Å². The first kappa shape index (κ1) is 19.2. The van der Waals surface area contributed by atoms with Crippen molar-refractivity contribution < 1.29 is 13.2 Å². The lowest BCUT2D eigenvalue weighted by atomic mass is 9.84. The fraction of sp³-hybridized carbons (Fsp3) is 0.217. The molecule has 0 amide bonds. The van der Waals surface area contributed by atoms with E-state index in [1.165, 1.54) is 0 Å². The van der Waals surface area contributed by atoms with Crippen molar-refractivity contribution in [2.75, 3.05) is 5.73 Å². The van der Waals surface area contributed by atoms with Crippen LogP contribution in [0.2, 0.25) is 0 Å². The zero-order valence-electron chi connectivity index (χ0n) is 15.7. The van der Waals surface area contributed by atoms with Crippen molar-refractivity contribution in [2.45, 2.75) is 31.9 Å². The molecule has 1 aromatic heterocycles. The Hall–Kier alpha value is -3.15. The van der Waals surface area contributed by atoms with Gasteiger partial charge in [0.15, 0.2) is 0 Å². The van der Waals surface area contributed by atoms with Crippen LogP contribution >= 0.6 is 0 Å². The molecule has 0 spiro atoms. The van der Waals surface area contributed by atoms with Crippen LogP contribution < -0.4 is 5.73 Å². The number of anilines is 1. The van der Waals surface area contributed by atoms with Crippen molar-refractivity contribution in [1.82, 2.24) is 4.98 Å². The summed E-state index contributed by atoms with van der Waals surface area (Å²) in [5, 5.41) is 8.12. The van der Waals surface area contributed by atoms with Crippen LogP contribution in [0.1, 0.15) is 40.7 Å². The van der Waals surface area contributed by atoms with Gasteiger partial charge in [-0.25, -0.2) is 4.98 Å². The minimum Gasteiger partial charge on any atom is -0.398 e. The van der Waals surface area contributed by atoms with Gasteiger partial charge in [-0.1, -0.05) is 36.9 Å². The van der Waals surface area contributed by atoms with Gasteiger partial charge in [-0.15, -0.1) is 0 Å². The average molecular weight is 395 g/mol. The monoisotopic (exact) mass is 395 g/mol. The molecule has 0 atom stereocenters. The predicted octanol–water partition coefficient (Wildman–Crippen LogP) is 6.02. The summed E-state index contributed by atoms with van der Waals surface area (Å²) in [6, 6.07) is 8.38. The van der Waals surface area contributed by atoms with Crippen molar-refractivity contribution in [2.24, 2.45) is 0 Å². The Morgan fingerprint density at radius 1 is 1.07 bits per heavy atom. The smallest absolute Gasteiger partial charge is 0.398 e. The van der Waals surface area contributed by atoms with Gasteiger partial charge in [-0.05, 0) is 48.4 Å². The number of rotatable bonds is 3. The second-order valence-corrected chi connectivity index (χ2v) is 7.24. The lowest BCUT2D eigenvalue weighted by Gasteiger charge is -2.24. The molecule has 3 nitrogen and oxygen atoms in total. The van der Waals surface area contributed by atoms with Crippen LogP contribution in [0.4, 0.5) is 18.9 Å². The summed E-state index contributed by atoms with van der Waals surface area (Å²) in [5.74, 6) is 0. The molecule has 2 aromatic carbocycles. The van der Waals surface area contributed by atoms with Crippen LogP contribution in [0.15, 0.2) is 36.9 Å². The summed E-state index contributed by atoms with van der Waals surface area (Å²) in [7, 11) is 0. The Morgan fingerprint density at radius 2 is 1.72 bits per heavy atom. The van der Waals surface area contributed by atoms with Gasteiger partial charge in [-0.2, -0.15) is 13.2 Å². The molecule has 148 valence electrons. The molecule has 29 heavy (non-hydrogen) atoms. The van der Waals surface area contributed by atoms with Crippen LogP contribution in [-0.4, -0.2) is 11.2 Å². The topological polar surface area (TPSA) is 62.8 Å². The maximum Gasteiger partial charge on any atom is 0.418 e. The van der Waals surface area contributed by atoms with Crippen molar-refractivity contribution in [3.8, 4) is 11.3 Å². The second-order valence-electron chi connectivity index (χ2n) is 7.24. The summed E-state index contributed by atoms with van der Waals surface area (Å²) in [6.07, 6.45) is 1.38. The number of nitrogens with two attached hydrogens (primary N) is 1. The number of fused-ring (bicyclic) bond motifs is 3. The first-order valence-electron chi connectivity index (χ1n) is 9.43. The highest BCUT2D eigenvalue weighted by Crippen LogP contribution is 2.43. The number of pyridine rings is 1. The summed E-state index contributed by atoms with van der Waals surface area (Å²) >= 11 is 0. The number of nitrogen functional groups attached to an aromatic ring is 1. The number of hydrogen-bond donors (Lipinski definition) is 2. The van der Waals surface area contributed by atoms with Gasteiger partial charge in [0.2, 0.25) is 0 Å². The standard InChI is InChI=1S/C23H20F3N3/c1-2-13-7-9-14(10-8-13)21-16-6-4-3-5-15(16)20-17(12-27)19(28)11-18(22(20)29-21)23(24,25)26/h2,7-12,27H,1,3-6,28H2. The third-order valence-electron chi connectivity index (χ3n) is 5.52. The van der Waals surface area contributed by atoms with Gasteiger partial charge >= 0.3 is 6.18 Å². The van der Waals surface area contributed by atoms with E-state index in [0.29, 0.717) is 23.1 Å². The number of hydrogen-bond acceptors (Lipinski definition) is 3. The molecule has 0 saturated carbocycles. The summed E-state index contributed by atoms with van der Waals surface area (Å²) in [5.41, 5.74) is 9.27. The minimum absolute atomic E-state index is 0.0440. The lowest BCUT2D eigenvalue weighted by molar-refractivity contribution is -0.136. The number of benzene rings is 2. The quantitative estimate of drug-likeness (QED) is 0.421. The molecule has 3 aromatic rings. The minimum atomic E-state index is -4.59. The fourth-order valence-corrected chi connectivity index (χ4v) is 4.14. The molecule has 4 rings (SSSR count). The highest BCUT2D eigenvalue weighted by Gasteiger charge is 2.36. The van der Waals surface area contributed by atoms with E-state index < -0.39 is 11.7 Å². The Morgan fingerprint density at radius 3 is 2.31 bits per heavy atom. The molecule has 1 aliphatic carbocycles. The maximum atomic E-state index is 13.8. The van der Waals surface area contributed by atoms with Crippen molar-refractivity contribution in [3.05, 3.63) is 64.7 Å². The Kier molecular flexibility index (Phi) is 4.65. The average Bonchev–Trinajstić information content (AvgIpc) is 2.72. The zero-order chi connectivity index (χ0) is 20.8. The largest absolute Gasteiger partial charge is 0.418 e. The number of nitrogens with one attached hydrogen (secondary N) is 1.